The van der Waals surface area contributed by atoms with Gasteiger partial charge in [0.2, 0.25) is 11.7 Å². The molecule has 0 saturated carbocycles. The molecule has 1 atom stereocenters. The molecule has 1 amide bonds. The summed E-state index contributed by atoms with van der Waals surface area (Å²) in [4.78, 5) is 13.7. The lowest BCUT2D eigenvalue weighted by Crippen LogP contribution is -2.30. The number of rotatable bonds is 7. The zero-order valence-corrected chi connectivity index (χ0v) is 16.9. The van der Waals surface area contributed by atoms with E-state index in [9.17, 15) is 4.79 Å². The minimum Gasteiger partial charge on any atom is -0.348 e. The molecule has 0 spiro atoms. The van der Waals surface area contributed by atoms with Gasteiger partial charge in [0.15, 0.2) is 0 Å². The molecule has 146 valence electrons. The van der Waals surface area contributed by atoms with Gasteiger partial charge in [-0.05, 0) is 48.1 Å². The van der Waals surface area contributed by atoms with Crippen molar-refractivity contribution in [2.45, 2.75) is 46.7 Å². The van der Waals surface area contributed by atoms with E-state index in [0.29, 0.717) is 11.7 Å². The van der Waals surface area contributed by atoms with E-state index in [1.807, 2.05) is 38.1 Å². The molecule has 28 heavy (non-hydrogen) atoms. The maximum atomic E-state index is 12.4. The molecule has 0 bridgehead atoms. The standard InChI is InChI=1S/C22H27N5O/c1-15(2)13-18-9-11-19(12-10-18)17(4)23-21(28)14-27-25-22(24-26-27)20-8-6-5-7-16(20)3/h5-12,15,17H,13-14H2,1-4H3,(H,23,28)/t17-/m1/s1. The molecule has 0 unspecified atom stereocenters. The van der Waals surface area contributed by atoms with Crippen molar-refractivity contribution in [1.29, 1.82) is 0 Å². The summed E-state index contributed by atoms with van der Waals surface area (Å²) in [6, 6.07) is 16.2. The normalized spacial score (nSPS) is 12.2. The van der Waals surface area contributed by atoms with E-state index in [1.54, 1.807) is 0 Å². The zero-order chi connectivity index (χ0) is 20.1. The Kier molecular flexibility index (Phi) is 6.19. The Morgan fingerprint density at radius 3 is 2.46 bits per heavy atom. The van der Waals surface area contributed by atoms with Crippen LogP contribution in [-0.2, 0) is 17.8 Å². The third-order valence-electron chi connectivity index (χ3n) is 4.63. The van der Waals surface area contributed by atoms with Crippen LogP contribution in [0.3, 0.4) is 0 Å². The van der Waals surface area contributed by atoms with E-state index in [2.05, 4.69) is 58.8 Å². The van der Waals surface area contributed by atoms with Gasteiger partial charge >= 0.3 is 0 Å². The molecule has 0 aliphatic heterocycles. The van der Waals surface area contributed by atoms with E-state index in [4.69, 9.17) is 0 Å². The summed E-state index contributed by atoms with van der Waals surface area (Å²) in [5, 5.41) is 15.4. The van der Waals surface area contributed by atoms with Crippen LogP contribution in [-0.4, -0.2) is 26.1 Å². The second-order valence-corrected chi connectivity index (χ2v) is 7.59. The Bertz CT molecular complexity index is 930. The van der Waals surface area contributed by atoms with Gasteiger partial charge in [0.05, 0.1) is 6.04 Å². The van der Waals surface area contributed by atoms with Crippen molar-refractivity contribution in [3.8, 4) is 11.4 Å². The number of aryl methyl sites for hydroxylation is 1. The zero-order valence-electron chi connectivity index (χ0n) is 16.9. The minimum atomic E-state index is -0.146. The largest absolute Gasteiger partial charge is 0.348 e. The van der Waals surface area contributed by atoms with E-state index in [0.717, 1.165) is 23.1 Å². The second kappa shape index (κ2) is 8.78. The van der Waals surface area contributed by atoms with Crippen molar-refractivity contribution in [3.63, 3.8) is 0 Å². The smallest absolute Gasteiger partial charge is 0.244 e. The lowest BCUT2D eigenvalue weighted by Gasteiger charge is -2.15. The van der Waals surface area contributed by atoms with Gasteiger partial charge in [-0.25, -0.2) is 0 Å². The Balaban J connectivity index is 1.59. The van der Waals surface area contributed by atoms with Crippen molar-refractivity contribution >= 4 is 5.91 Å². The molecule has 3 aromatic rings. The van der Waals surface area contributed by atoms with Crippen LogP contribution in [0.5, 0.6) is 0 Å². The van der Waals surface area contributed by atoms with Crippen LogP contribution in [0.4, 0.5) is 0 Å². The highest BCUT2D eigenvalue weighted by Crippen LogP contribution is 2.18. The fourth-order valence-electron chi connectivity index (χ4n) is 3.15. The first-order valence-electron chi connectivity index (χ1n) is 9.64. The van der Waals surface area contributed by atoms with Crippen molar-refractivity contribution in [2.24, 2.45) is 5.92 Å². The van der Waals surface area contributed by atoms with Gasteiger partial charge in [-0.15, -0.1) is 10.2 Å². The first-order valence-corrected chi connectivity index (χ1v) is 9.64. The summed E-state index contributed by atoms with van der Waals surface area (Å²) in [5.41, 5.74) is 4.38. The number of amides is 1. The molecule has 6 nitrogen and oxygen atoms in total. The SMILES string of the molecule is Cc1ccccc1-c1nnn(CC(=O)N[C@H](C)c2ccc(CC(C)C)cc2)n1. The molecule has 0 saturated heterocycles. The molecule has 0 radical (unpaired) electrons. The highest BCUT2D eigenvalue weighted by atomic mass is 16.2. The van der Waals surface area contributed by atoms with Crippen molar-refractivity contribution in [3.05, 3.63) is 65.2 Å². The Labute approximate surface area is 166 Å². The first kappa shape index (κ1) is 19.7. The lowest BCUT2D eigenvalue weighted by molar-refractivity contribution is -0.122. The highest BCUT2D eigenvalue weighted by molar-refractivity contribution is 5.76. The number of nitrogens with one attached hydrogen (secondary N) is 1. The van der Waals surface area contributed by atoms with Crippen molar-refractivity contribution in [2.75, 3.05) is 0 Å². The number of tetrazole rings is 1. The molecule has 6 heteroatoms. The van der Waals surface area contributed by atoms with Gasteiger partial charge in [0.1, 0.15) is 6.54 Å². The van der Waals surface area contributed by atoms with Crippen LogP contribution in [0, 0.1) is 12.8 Å². The molecule has 1 aromatic heterocycles. The monoisotopic (exact) mass is 377 g/mol. The molecule has 0 aliphatic carbocycles. The third kappa shape index (κ3) is 5.03. The molecule has 1 N–H and O–H groups in total. The molecule has 0 aliphatic rings. The number of carbonyl (C=O) groups is 1. The molecule has 3 rings (SSSR count). The summed E-state index contributed by atoms with van der Waals surface area (Å²) in [6.45, 7) is 8.42. The minimum absolute atomic E-state index is 0.0364. The first-order chi connectivity index (χ1) is 13.4. The molecular formula is C22H27N5O. The number of hydrogen-bond acceptors (Lipinski definition) is 4. The third-order valence-corrected chi connectivity index (χ3v) is 4.63. The summed E-state index contributed by atoms with van der Waals surface area (Å²) < 4.78 is 0. The van der Waals surface area contributed by atoms with Crippen LogP contribution >= 0.6 is 0 Å². The van der Waals surface area contributed by atoms with E-state index in [-0.39, 0.29) is 18.5 Å². The maximum absolute atomic E-state index is 12.4. The molecule has 1 heterocycles. The predicted molar refractivity (Wildman–Crippen MR) is 110 cm³/mol. The van der Waals surface area contributed by atoms with E-state index < -0.39 is 0 Å². The van der Waals surface area contributed by atoms with E-state index in [1.165, 1.54) is 10.4 Å². The summed E-state index contributed by atoms with van der Waals surface area (Å²) >= 11 is 0. The van der Waals surface area contributed by atoms with Gasteiger partial charge in [0.25, 0.3) is 0 Å². The average molecular weight is 377 g/mol. The molecular weight excluding hydrogens is 350 g/mol. The predicted octanol–water partition coefficient (Wildman–Crippen LogP) is 3.72. The number of aromatic nitrogens is 4. The van der Waals surface area contributed by atoms with Crippen LogP contribution in [0.25, 0.3) is 11.4 Å². The van der Waals surface area contributed by atoms with Crippen molar-refractivity contribution in [1.82, 2.24) is 25.5 Å². The maximum Gasteiger partial charge on any atom is 0.244 e. The Morgan fingerprint density at radius 1 is 1.07 bits per heavy atom. The van der Waals surface area contributed by atoms with Crippen LogP contribution in [0.15, 0.2) is 48.5 Å². The molecule has 0 fully saturated rings. The van der Waals surface area contributed by atoms with Gasteiger partial charge in [-0.3, -0.25) is 4.79 Å². The van der Waals surface area contributed by atoms with Crippen LogP contribution in [0.2, 0.25) is 0 Å². The second-order valence-electron chi connectivity index (χ2n) is 7.59. The van der Waals surface area contributed by atoms with Crippen LogP contribution < -0.4 is 5.32 Å². The van der Waals surface area contributed by atoms with Crippen molar-refractivity contribution < 1.29 is 4.79 Å². The Morgan fingerprint density at radius 2 is 1.79 bits per heavy atom. The number of benzene rings is 2. The van der Waals surface area contributed by atoms with Gasteiger partial charge in [-0.1, -0.05) is 62.4 Å². The van der Waals surface area contributed by atoms with E-state index >= 15 is 0 Å². The van der Waals surface area contributed by atoms with Gasteiger partial charge in [0, 0.05) is 5.56 Å². The van der Waals surface area contributed by atoms with Gasteiger partial charge in [-0.2, -0.15) is 4.80 Å². The average Bonchev–Trinajstić information content (AvgIpc) is 3.10. The Hall–Kier alpha value is -3.02. The fourth-order valence-corrected chi connectivity index (χ4v) is 3.15. The van der Waals surface area contributed by atoms with Gasteiger partial charge < -0.3 is 5.32 Å². The molecule has 2 aromatic carbocycles. The summed E-state index contributed by atoms with van der Waals surface area (Å²) in [6.07, 6.45) is 1.06. The highest BCUT2D eigenvalue weighted by Gasteiger charge is 2.13. The number of nitrogens with zero attached hydrogens (tertiary/aromatic N) is 4. The topological polar surface area (TPSA) is 72.7 Å². The summed E-state index contributed by atoms with van der Waals surface area (Å²) in [7, 11) is 0. The quantitative estimate of drug-likeness (QED) is 0.681. The van der Waals surface area contributed by atoms with Crippen LogP contribution in [0.1, 0.15) is 43.5 Å². The summed E-state index contributed by atoms with van der Waals surface area (Å²) in [5.74, 6) is 1.01. The number of carbonyl (C=O) groups excluding carboxylic acids is 1. The lowest BCUT2D eigenvalue weighted by atomic mass is 10.00. The fraction of sp³-hybridized carbons (Fsp3) is 0.364. The number of hydrogen-bond donors (Lipinski definition) is 1.